The number of amides is 1. The molecule has 0 saturated carbocycles. The van der Waals surface area contributed by atoms with Gasteiger partial charge < -0.3 is 4.90 Å². The Morgan fingerprint density at radius 1 is 1.06 bits per heavy atom. The minimum absolute atomic E-state index is 0.0869. The Kier molecular flexibility index (Phi) is 6.47. The summed E-state index contributed by atoms with van der Waals surface area (Å²) in [6.45, 7) is 4.17. The Balaban J connectivity index is 1.75. The molecule has 2 aromatic carbocycles. The number of sulfone groups is 1. The minimum atomic E-state index is -3.11. The fourth-order valence-corrected chi connectivity index (χ4v) is 8.42. The van der Waals surface area contributed by atoms with Gasteiger partial charge >= 0.3 is 0 Å². The number of benzene rings is 2. The largest absolute Gasteiger partial charge is 0.315 e. The predicted octanol–water partition coefficient (Wildman–Crippen LogP) is 4.31. The lowest BCUT2D eigenvalue weighted by Crippen LogP contribution is -2.39. The molecule has 2 fully saturated rings. The molecule has 31 heavy (non-hydrogen) atoms. The normalized spacial score (nSPS) is 23.3. The first kappa shape index (κ1) is 22.4. The van der Waals surface area contributed by atoms with E-state index in [1.807, 2.05) is 29.2 Å². The zero-order valence-electron chi connectivity index (χ0n) is 17.5. The molecular formula is C23H25ClN2O3S2. The van der Waals surface area contributed by atoms with Crippen molar-refractivity contribution in [1.29, 1.82) is 0 Å². The third-order valence-electron chi connectivity index (χ3n) is 5.79. The number of fused-ring (bicyclic) bond motifs is 1. The number of nitrogens with zero attached hydrogens (tertiary/aromatic N) is 2. The molecule has 8 heteroatoms. The van der Waals surface area contributed by atoms with Crippen molar-refractivity contribution >= 4 is 50.0 Å². The van der Waals surface area contributed by atoms with E-state index in [9.17, 15) is 13.2 Å². The van der Waals surface area contributed by atoms with Crippen molar-refractivity contribution in [2.45, 2.75) is 44.4 Å². The first-order chi connectivity index (χ1) is 14.8. The Bertz CT molecular complexity index is 1130. The van der Waals surface area contributed by atoms with Crippen molar-refractivity contribution in [3.63, 3.8) is 0 Å². The molecule has 0 bridgehead atoms. The van der Waals surface area contributed by atoms with Crippen LogP contribution >= 0.6 is 23.4 Å². The molecule has 2 atom stereocenters. The molecule has 2 aromatic rings. The standard InChI is InChI=1S/C23H25ClN2O3S2/c1-3-15-9-7-10-16(4-2)22(15)26-19-13-31(28,29)14-20(19)30-23(26)25-21(27)12-17-8-5-6-11-18(17)24/h5-11,19-20H,3-4,12-14H2,1-2H3/t19-,20+/m1/s1. The van der Waals surface area contributed by atoms with E-state index in [-0.39, 0.29) is 35.1 Å². The molecule has 0 aromatic heterocycles. The van der Waals surface area contributed by atoms with Crippen LogP contribution in [0.3, 0.4) is 0 Å². The number of carbonyl (C=O) groups is 1. The monoisotopic (exact) mass is 476 g/mol. The second-order valence-corrected chi connectivity index (χ2v) is 11.6. The van der Waals surface area contributed by atoms with E-state index in [0.29, 0.717) is 10.2 Å². The van der Waals surface area contributed by atoms with Crippen LogP contribution in [0.5, 0.6) is 0 Å². The van der Waals surface area contributed by atoms with Crippen molar-refractivity contribution in [2.24, 2.45) is 4.99 Å². The van der Waals surface area contributed by atoms with Gasteiger partial charge in [0.25, 0.3) is 5.91 Å². The Hall–Kier alpha value is -1.83. The first-order valence-corrected chi connectivity index (χ1v) is 13.5. The number of aryl methyl sites for hydroxylation is 2. The summed E-state index contributed by atoms with van der Waals surface area (Å²) in [7, 11) is -3.11. The first-order valence-electron chi connectivity index (χ1n) is 10.4. The van der Waals surface area contributed by atoms with Gasteiger partial charge in [-0.25, -0.2) is 8.42 Å². The zero-order chi connectivity index (χ0) is 22.2. The number of amidine groups is 1. The van der Waals surface area contributed by atoms with E-state index in [2.05, 4.69) is 31.0 Å². The fraction of sp³-hybridized carbons (Fsp3) is 0.391. The van der Waals surface area contributed by atoms with Gasteiger partial charge in [0.1, 0.15) is 0 Å². The molecule has 5 nitrogen and oxygen atoms in total. The highest BCUT2D eigenvalue weighted by atomic mass is 35.5. The van der Waals surface area contributed by atoms with Crippen molar-refractivity contribution in [2.75, 3.05) is 16.4 Å². The number of hydrogen-bond donors (Lipinski definition) is 0. The molecule has 4 rings (SSSR count). The maximum absolute atomic E-state index is 12.8. The molecule has 0 spiro atoms. The molecule has 164 valence electrons. The molecule has 2 saturated heterocycles. The summed E-state index contributed by atoms with van der Waals surface area (Å²) in [5.41, 5.74) is 4.01. The number of hydrogen-bond acceptors (Lipinski definition) is 4. The molecule has 1 amide bonds. The summed E-state index contributed by atoms with van der Waals surface area (Å²) in [5, 5.41) is 1.02. The Morgan fingerprint density at radius 3 is 2.35 bits per heavy atom. The topological polar surface area (TPSA) is 66.8 Å². The predicted molar refractivity (Wildman–Crippen MR) is 129 cm³/mol. The van der Waals surface area contributed by atoms with Gasteiger partial charge in [0.15, 0.2) is 15.0 Å². The van der Waals surface area contributed by atoms with Crippen LogP contribution in [0, 0.1) is 0 Å². The van der Waals surface area contributed by atoms with Crippen LogP contribution < -0.4 is 4.90 Å². The van der Waals surface area contributed by atoms with Crippen LogP contribution in [0.25, 0.3) is 0 Å². The fourth-order valence-electron chi connectivity index (χ4n) is 4.30. The maximum Gasteiger partial charge on any atom is 0.252 e. The second kappa shape index (κ2) is 8.96. The van der Waals surface area contributed by atoms with E-state index in [1.54, 1.807) is 6.07 Å². The van der Waals surface area contributed by atoms with Crippen molar-refractivity contribution in [1.82, 2.24) is 0 Å². The number of halogens is 1. The van der Waals surface area contributed by atoms with Gasteiger partial charge in [-0.1, -0.05) is 73.6 Å². The highest BCUT2D eigenvalue weighted by Gasteiger charge is 2.50. The lowest BCUT2D eigenvalue weighted by atomic mass is 10.0. The quantitative estimate of drug-likeness (QED) is 0.643. The van der Waals surface area contributed by atoms with Gasteiger partial charge in [0.05, 0.1) is 24.0 Å². The van der Waals surface area contributed by atoms with Crippen LogP contribution in [0.15, 0.2) is 47.5 Å². The summed E-state index contributed by atoms with van der Waals surface area (Å²) < 4.78 is 24.8. The number of aliphatic imine (C=N–C) groups is 1. The highest BCUT2D eigenvalue weighted by molar-refractivity contribution is 8.16. The van der Waals surface area contributed by atoms with E-state index in [0.717, 1.165) is 35.2 Å². The molecule has 2 aliphatic heterocycles. The van der Waals surface area contributed by atoms with Gasteiger partial charge in [-0.3, -0.25) is 4.79 Å². The van der Waals surface area contributed by atoms with Gasteiger partial charge in [-0.05, 0) is 35.6 Å². The van der Waals surface area contributed by atoms with Gasteiger partial charge in [0, 0.05) is 16.0 Å². The zero-order valence-corrected chi connectivity index (χ0v) is 19.9. The van der Waals surface area contributed by atoms with E-state index in [1.165, 1.54) is 11.8 Å². The lowest BCUT2D eigenvalue weighted by molar-refractivity contribution is -0.117. The number of thioether (sulfide) groups is 1. The van der Waals surface area contributed by atoms with Gasteiger partial charge in [0.2, 0.25) is 0 Å². The minimum Gasteiger partial charge on any atom is -0.315 e. The summed E-state index contributed by atoms with van der Waals surface area (Å²) in [6, 6.07) is 13.2. The van der Waals surface area contributed by atoms with Crippen LogP contribution in [0.1, 0.15) is 30.5 Å². The molecule has 0 unspecified atom stereocenters. The number of rotatable bonds is 5. The number of anilines is 1. The van der Waals surface area contributed by atoms with Crippen LogP contribution in [-0.4, -0.2) is 42.3 Å². The van der Waals surface area contributed by atoms with E-state index in [4.69, 9.17) is 11.6 Å². The van der Waals surface area contributed by atoms with Gasteiger partial charge in [-0.2, -0.15) is 4.99 Å². The smallest absolute Gasteiger partial charge is 0.252 e. The summed E-state index contributed by atoms with van der Waals surface area (Å²) in [6.07, 6.45) is 1.74. The Morgan fingerprint density at radius 2 is 1.71 bits per heavy atom. The molecule has 0 N–H and O–H groups in total. The molecule has 0 radical (unpaired) electrons. The second-order valence-electron chi connectivity index (χ2n) is 7.86. The van der Waals surface area contributed by atoms with E-state index >= 15 is 0 Å². The van der Waals surface area contributed by atoms with Crippen molar-refractivity contribution in [3.8, 4) is 0 Å². The highest BCUT2D eigenvalue weighted by Crippen LogP contribution is 2.43. The van der Waals surface area contributed by atoms with E-state index < -0.39 is 9.84 Å². The van der Waals surface area contributed by atoms with Crippen molar-refractivity contribution < 1.29 is 13.2 Å². The Labute approximate surface area is 192 Å². The molecule has 2 heterocycles. The molecule has 0 aliphatic carbocycles. The molecule has 2 aliphatic rings. The summed E-state index contributed by atoms with van der Waals surface area (Å²) >= 11 is 7.63. The van der Waals surface area contributed by atoms with Crippen molar-refractivity contribution in [3.05, 3.63) is 64.2 Å². The lowest BCUT2D eigenvalue weighted by Gasteiger charge is -2.29. The van der Waals surface area contributed by atoms with Gasteiger partial charge in [-0.15, -0.1) is 0 Å². The third kappa shape index (κ3) is 4.54. The molecular weight excluding hydrogens is 452 g/mol. The van der Waals surface area contributed by atoms with Crippen LogP contribution in [0.2, 0.25) is 5.02 Å². The summed E-state index contributed by atoms with van der Waals surface area (Å²) in [5.74, 6) is -0.0777. The SMILES string of the molecule is CCc1cccc(CC)c1N1C(=NC(=O)Cc2ccccc2Cl)S[C@H]2CS(=O)(=O)C[C@H]21. The maximum atomic E-state index is 12.8. The summed E-state index contributed by atoms with van der Waals surface area (Å²) in [4.78, 5) is 19.3. The number of carbonyl (C=O) groups excluding carboxylic acids is 1. The van der Waals surface area contributed by atoms with Crippen LogP contribution in [-0.2, 0) is 33.9 Å². The average molecular weight is 477 g/mol. The van der Waals surface area contributed by atoms with Crippen LogP contribution in [0.4, 0.5) is 5.69 Å². The third-order valence-corrected chi connectivity index (χ3v) is 9.37. The number of para-hydroxylation sites is 1. The average Bonchev–Trinajstić information content (AvgIpc) is 3.19.